The smallest absolute Gasteiger partial charge is 0.254 e. The summed E-state index contributed by atoms with van der Waals surface area (Å²) in [7, 11) is 1.82. The van der Waals surface area contributed by atoms with Gasteiger partial charge in [-0.05, 0) is 43.2 Å². The summed E-state index contributed by atoms with van der Waals surface area (Å²) in [4.78, 5) is 24.1. The number of benzene rings is 2. The zero-order valence-corrected chi connectivity index (χ0v) is 16.9. The molecule has 0 aliphatic rings. The van der Waals surface area contributed by atoms with Crippen molar-refractivity contribution in [1.82, 2.24) is 14.9 Å². The van der Waals surface area contributed by atoms with Crippen LogP contribution < -0.4 is 0 Å². The van der Waals surface area contributed by atoms with E-state index in [1.54, 1.807) is 17.3 Å². The van der Waals surface area contributed by atoms with E-state index in [0.717, 1.165) is 33.3 Å². The third kappa shape index (κ3) is 3.87. The highest BCUT2D eigenvalue weighted by atomic mass is 16.2. The number of hydrogen-bond acceptors (Lipinski definition) is 3. The number of aryl methyl sites for hydroxylation is 2. The summed E-state index contributed by atoms with van der Waals surface area (Å²) in [6.07, 6.45) is 3.52. The fourth-order valence-corrected chi connectivity index (χ4v) is 3.63. The SMILES string of the molecule is Cc1ccc(-c2cc(C(=O)N(C)Cc3cccnc3)c3ccccc3n2)c(C)c1. The van der Waals surface area contributed by atoms with E-state index in [0.29, 0.717) is 12.1 Å². The number of para-hydroxylation sites is 1. The van der Waals surface area contributed by atoms with Gasteiger partial charge in [0.15, 0.2) is 0 Å². The van der Waals surface area contributed by atoms with E-state index in [4.69, 9.17) is 4.98 Å². The van der Waals surface area contributed by atoms with Gasteiger partial charge in [0.05, 0.1) is 16.8 Å². The number of nitrogens with zero attached hydrogens (tertiary/aromatic N) is 3. The van der Waals surface area contributed by atoms with E-state index in [1.807, 2.05) is 49.5 Å². The normalized spacial score (nSPS) is 10.9. The fraction of sp³-hybridized carbons (Fsp3) is 0.160. The molecular weight excluding hydrogens is 358 g/mol. The van der Waals surface area contributed by atoms with E-state index in [-0.39, 0.29) is 5.91 Å². The van der Waals surface area contributed by atoms with Crippen LogP contribution in [0.2, 0.25) is 0 Å². The molecule has 4 aromatic rings. The van der Waals surface area contributed by atoms with Crippen LogP contribution in [0.4, 0.5) is 0 Å². The molecule has 0 atom stereocenters. The summed E-state index contributed by atoms with van der Waals surface area (Å²) in [5, 5.41) is 0.865. The van der Waals surface area contributed by atoms with Crippen LogP contribution in [0.3, 0.4) is 0 Å². The minimum atomic E-state index is -0.0292. The third-order valence-corrected chi connectivity index (χ3v) is 5.09. The molecule has 4 rings (SSSR count). The lowest BCUT2D eigenvalue weighted by molar-refractivity contribution is 0.0787. The number of rotatable bonds is 4. The number of aromatic nitrogens is 2. The maximum atomic E-state index is 13.4. The van der Waals surface area contributed by atoms with Crippen molar-refractivity contribution in [3.8, 4) is 11.3 Å². The maximum Gasteiger partial charge on any atom is 0.254 e. The van der Waals surface area contributed by atoms with Gasteiger partial charge in [-0.1, -0.05) is 48.0 Å². The lowest BCUT2D eigenvalue weighted by atomic mass is 9.99. The maximum absolute atomic E-state index is 13.4. The quantitative estimate of drug-likeness (QED) is 0.489. The van der Waals surface area contributed by atoms with Crippen LogP contribution >= 0.6 is 0 Å². The molecule has 0 aliphatic heterocycles. The molecule has 0 aliphatic carbocycles. The molecule has 0 saturated heterocycles. The van der Waals surface area contributed by atoms with E-state index in [9.17, 15) is 4.79 Å². The Kier molecular flexibility index (Phi) is 5.09. The molecular formula is C25H23N3O. The highest BCUT2D eigenvalue weighted by molar-refractivity contribution is 6.07. The van der Waals surface area contributed by atoms with Crippen molar-refractivity contribution >= 4 is 16.8 Å². The first-order valence-corrected chi connectivity index (χ1v) is 9.65. The number of amides is 1. The summed E-state index contributed by atoms with van der Waals surface area (Å²) in [5.74, 6) is -0.0292. The zero-order valence-electron chi connectivity index (χ0n) is 16.9. The lowest BCUT2D eigenvalue weighted by Crippen LogP contribution is -2.26. The Balaban J connectivity index is 1.79. The minimum absolute atomic E-state index is 0.0292. The van der Waals surface area contributed by atoms with Crippen molar-refractivity contribution in [1.29, 1.82) is 0 Å². The van der Waals surface area contributed by atoms with Crippen LogP contribution in [0.1, 0.15) is 27.0 Å². The Labute approximate surface area is 170 Å². The van der Waals surface area contributed by atoms with Gasteiger partial charge in [0.25, 0.3) is 5.91 Å². The highest BCUT2D eigenvalue weighted by Gasteiger charge is 2.18. The molecule has 29 heavy (non-hydrogen) atoms. The van der Waals surface area contributed by atoms with Crippen molar-refractivity contribution in [2.24, 2.45) is 0 Å². The predicted octanol–water partition coefficient (Wildman–Crippen LogP) is 5.19. The fourth-order valence-electron chi connectivity index (χ4n) is 3.63. The molecule has 144 valence electrons. The Bertz CT molecular complexity index is 1190. The third-order valence-electron chi connectivity index (χ3n) is 5.09. The number of hydrogen-bond donors (Lipinski definition) is 0. The molecule has 2 aromatic heterocycles. The number of fused-ring (bicyclic) bond motifs is 1. The number of pyridine rings is 2. The van der Waals surface area contributed by atoms with Crippen molar-refractivity contribution in [2.45, 2.75) is 20.4 Å². The molecule has 0 bridgehead atoms. The highest BCUT2D eigenvalue weighted by Crippen LogP contribution is 2.28. The minimum Gasteiger partial charge on any atom is -0.337 e. The van der Waals surface area contributed by atoms with Gasteiger partial charge in [0.1, 0.15) is 0 Å². The van der Waals surface area contributed by atoms with Crippen LogP contribution in [-0.4, -0.2) is 27.8 Å². The average Bonchev–Trinajstić information content (AvgIpc) is 2.73. The van der Waals surface area contributed by atoms with Crippen LogP contribution in [0.25, 0.3) is 22.2 Å². The standard InChI is InChI=1S/C25H23N3O/c1-17-10-11-20(18(2)13-17)24-14-22(21-8-4-5-9-23(21)27-24)25(29)28(3)16-19-7-6-12-26-15-19/h4-15H,16H2,1-3H3. The molecule has 2 aromatic carbocycles. The number of carbonyl (C=O) groups is 1. The van der Waals surface area contributed by atoms with Crippen LogP contribution in [0.5, 0.6) is 0 Å². The average molecular weight is 381 g/mol. The van der Waals surface area contributed by atoms with E-state index in [1.165, 1.54) is 5.56 Å². The summed E-state index contributed by atoms with van der Waals surface area (Å²) in [6, 6.07) is 19.9. The van der Waals surface area contributed by atoms with Crippen LogP contribution in [-0.2, 0) is 6.54 Å². The van der Waals surface area contributed by atoms with Crippen LogP contribution in [0.15, 0.2) is 73.1 Å². The first-order chi connectivity index (χ1) is 14.0. The van der Waals surface area contributed by atoms with Crippen molar-refractivity contribution < 1.29 is 4.79 Å². The molecule has 0 N–H and O–H groups in total. The summed E-state index contributed by atoms with van der Waals surface area (Å²) in [5.41, 5.74) is 6.70. The molecule has 0 saturated carbocycles. The molecule has 0 unspecified atom stereocenters. The summed E-state index contributed by atoms with van der Waals surface area (Å²) < 4.78 is 0. The Morgan fingerprint density at radius 3 is 2.59 bits per heavy atom. The van der Waals surface area contributed by atoms with Gasteiger partial charge in [-0.3, -0.25) is 9.78 Å². The van der Waals surface area contributed by atoms with E-state index < -0.39 is 0 Å². The molecule has 4 nitrogen and oxygen atoms in total. The molecule has 0 spiro atoms. The summed E-state index contributed by atoms with van der Waals surface area (Å²) in [6.45, 7) is 4.66. The van der Waals surface area contributed by atoms with E-state index >= 15 is 0 Å². The van der Waals surface area contributed by atoms with Crippen molar-refractivity contribution in [3.05, 3.63) is 95.3 Å². The van der Waals surface area contributed by atoms with Crippen molar-refractivity contribution in [3.63, 3.8) is 0 Å². The Hall–Kier alpha value is -3.53. The Morgan fingerprint density at radius 2 is 1.83 bits per heavy atom. The van der Waals surface area contributed by atoms with Crippen molar-refractivity contribution in [2.75, 3.05) is 7.05 Å². The van der Waals surface area contributed by atoms with Gasteiger partial charge in [0, 0.05) is 36.9 Å². The van der Waals surface area contributed by atoms with Gasteiger partial charge in [-0.25, -0.2) is 4.98 Å². The largest absolute Gasteiger partial charge is 0.337 e. The predicted molar refractivity (Wildman–Crippen MR) is 117 cm³/mol. The molecule has 0 fully saturated rings. The van der Waals surface area contributed by atoms with Gasteiger partial charge in [-0.2, -0.15) is 0 Å². The second-order valence-electron chi connectivity index (χ2n) is 7.41. The first-order valence-electron chi connectivity index (χ1n) is 9.65. The second kappa shape index (κ2) is 7.84. The molecule has 2 heterocycles. The van der Waals surface area contributed by atoms with Gasteiger partial charge < -0.3 is 4.90 Å². The van der Waals surface area contributed by atoms with Gasteiger partial charge in [-0.15, -0.1) is 0 Å². The molecule has 1 amide bonds. The van der Waals surface area contributed by atoms with Crippen LogP contribution in [0, 0.1) is 13.8 Å². The topological polar surface area (TPSA) is 46.1 Å². The number of carbonyl (C=O) groups excluding carboxylic acids is 1. The second-order valence-corrected chi connectivity index (χ2v) is 7.41. The monoisotopic (exact) mass is 381 g/mol. The first kappa shape index (κ1) is 18.8. The lowest BCUT2D eigenvalue weighted by Gasteiger charge is -2.19. The van der Waals surface area contributed by atoms with E-state index in [2.05, 4.69) is 37.0 Å². The van der Waals surface area contributed by atoms with Gasteiger partial charge >= 0.3 is 0 Å². The zero-order chi connectivity index (χ0) is 20.4. The Morgan fingerprint density at radius 1 is 1.00 bits per heavy atom. The van der Waals surface area contributed by atoms with Gasteiger partial charge in [0.2, 0.25) is 0 Å². The molecule has 4 heteroatoms. The summed E-state index contributed by atoms with van der Waals surface area (Å²) >= 11 is 0. The molecule has 0 radical (unpaired) electrons.